The van der Waals surface area contributed by atoms with Crippen molar-refractivity contribution in [1.82, 2.24) is 19.9 Å². The lowest BCUT2D eigenvalue weighted by atomic mass is 10.5. The van der Waals surface area contributed by atoms with Gasteiger partial charge < -0.3 is 9.88 Å². The fourth-order valence-corrected chi connectivity index (χ4v) is 1.22. The fraction of sp³-hybridized carbons (Fsp3) is 0.375. The van der Waals surface area contributed by atoms with Crippen molar-refractivity contribution in [3.05, 3.63) is 16.2 Å². The zero-order valence-corrected chi connectivity index (χ0v) is 8.25. The first-order chi connectivity index (χ1) is 6.58. The van der Waals surface area contributed by atoms with E-state index in [9.17, 15) is 4.79 Å². The molecule has 0 fully saturated rings. The van der Waals surface area contributed by atoms with Crippen LogP contribution in [0.15, 0.2) is 4.79 Å². The first-order valence-corrected chi connectivity index (χ1v) is 4.22. The number of aromatic amines is 2. The predicted molar refractivity (Wildman–Crippen MR) is 53.6 cm³/mol. The van der Waals surface area contributed by atoms with Gasteiger partial charge in [0.1, 0.15) is 5.82 Å². The molecule has 0 amide bonds. The molecule has 14 heavy (non-hydrogen) atoms. The van der Waals surface area contributed by atoms with Gasteiger partial charge in [-0.2, -0.15) is 4.98 Å². The summed E-state index contributed by atoms with van der Waals surface area (Å²) in [6, 6.07) is 0. The standard InChI is InChI=1S/C8H11N5O/c1-4-9-5-6(10-4)11-8(13(2)3)12-7(5)14/h1-3H3,(H2,9,10,11,12,14). The molecule has 0 saturated carbocycles. The highest BCUT2D eigenvalue weighted by Crippen LogP contribution is 2.06. The minimum absolute atomic E-state index is 0.195. The van der Waals surface area contributed by atoms with Gasteiger partial charge in [-0.05, 0) is 6.92 Å². The Hall–Kier alpha value is -1.85. The molecule has 2 heterocycles. The maximum absolute atomic E-state index is 11.5. The number of aryl methyl sites for hydroxylation is 1. The summed E-state index contributed by atoms with van der Waals surface area (Å²) >= 11 is 0. The lowest BCUT2D eigenvalue weighted by molar-refractivity contribution is 0.997. The Kier molecular flexibility index (Phi) is 1.77. The maximum Gasteiger partial charge on any atom is 0.278 e. The highest BCUT2D eigenvalue weighted by molar-refractivity contribution is 5.70. The molecule has 0 saturated heterocycles. The molecule has 2 aromatic heterocycles. The Bertz CT molecular complexity index is 524. The Morgan fingerprint density at radius 1 is 1.21 bits per heavy atom. The van der Waals surface area contributed by atoms with Crippen LogP contribution in [0.5, 0.6) is 0 Å². The fourth-order valence-electron chi connectivity index (χ4n) is 1.22. The number of nitrogens with one attached hydrogen (secondary N) is 2. The van der Waals surface area contributed by atoms with E-state index in [1.165, 1.54) is 0 Å². The van der Waals surface area contributed by atoms with Crippen LogP contribution in [0.4, 0.5) is 5.95 Å². The maximum atomic E-state index is 11.5. The van der Waals surface area contributed by atoms with Gasteiger partial charge in [-0.25, -0.2) is 4.98 Å². The molecular formula is C8H11N5O. The smallest absolute Gasteiger partial charge is 0.278 e. The van der Waals surface area contributed by atoms with Gasteiger partial charge in [-0.3, -0.25) is 9.78 Å². The van der Waals surface area contributed by atoms with E-state index in [2.05, 4.69) is 19.9 Å². The van der Waals surface area contributed by atoms with Crippen LogP contribution >= 0.6 is 0 Å². The molecule has 6 heteroatoms. The number of nitrogens with zero attached hydrogens (tertiary/aromatic N) is 3. The molecule has 0 radical (unpaired) electrons. The molecule has 0 atom stereocenters. The second kappa shape index (κ2) is 2.83. The van der Waals surface area contributed by atoms with Gasteiger partial charge in [0.25, 0.3) is 5.56 Å². The number of H-pyrrole nitrogens is 2. The average Bonchev–Trinajstić information content (AvgIpc) is 2.45. The van der Waals surface area contributed by atoms with E-state index in [-0.39, 0.29) is 5.56 Å². The Morgan fingerprint density at radius 3 is 2.57 bits per heavy atom. The van der Waals surface area contributed by atoms with E-state index >= 15 is 0 Å². The highest BCUT2D eigenvalue weighted by atomic mass is 16.1. The van der Waals surface area contributed by atoms with Crippen molar-refractivity contribution in [2.75, 3.05) is 19.0 Å². The molecule has 0 aliphatic rings. The lowest BCUT2D eigenvalue weighted by Gasteiger charge is -2.08. The summed E-state index contributed by atoms with van der Waals surface area (Å²) in [5, 5.41) is 0. The van der Waals surface area contributed by atoms with Crippen LogP contribution in [0, 0.1) is 6.92 Å². The second-order valence-corrected chi connectivity index (χ2v) is 3.30. The van der Waals surface area contributed by atoms with Gasteiger partial charge in [0.15, 0.2) is 11.2 Å². The second-order valence-electron chi connectivity index (χ2n) is 3.30. The van der Waals surface area contributed by atoms with Gasteiger partial charge in [0, 0.05) is 14.1 Å². The van der Waals surface area contributed by atoms with Crippen molar-refractivity contribution in [3.8, 4) is 0 Å². The average molecular weight is 193 g/mol. The largest absolute Gasteiger partial charge is 0.348 e. The zero-order valence-electron chi connectivity index (χ0n) is 8.25. The van der Waals surface area contributed by atoms with Gasteiger partial charge in [-0.1, -0.05) is 0 Å². The monoisotopic (exact) mass is 193 g/mol. The highest BCUT2D eigenvalue weighted by Gasteiger charge is 2.08. The van der Waals surface area contributed by atoms with Crippen molar-refractivity contribution < 1.29 is 0 Å². The lowest BCUT2D eigenvalue weighted by Crippen LogP contribution is -2.18. The first-order valence-electron chi connectivity index (χ1n) is 4.22. The Morgan fingerprint density at radius 2 is 1.93 bits per heavy atom. The topological polar surface area (TPSA) is 77.7 Å². The van der Waals surface area contributed by atoms with Gasteiger partial charge >= 0.3 is 0 Å². The third-order valence-electron chi connectivity index (χ3n) is 1.89. The van der Waals surface area contributed by atoms with Crippen LogP contribution in [0.1, 0.15) is 5.82 Å². The van der Waals surface area contributed by atoms with Crippen molar-refractivity contribution >= 4 is 17.1 Å². The molecule has 2 rings (SSSR count). The van der Waals surface area contributed by atoms with Crippen LogP contribution in [0.25, 0.3) is 11.2 Å². The van der Waals surface area contributed by atoms with E-state index < -0.39 is 0 Å². The van der Waals surface area contributed by atoms with E-state index in [1.54, 1.807) is 11.8 Å². The summed E-state index contributed by atoms with van der Waals surface area (Å²) < 4.78 is 0. The Balaban J connectivity index is 2.78. The molecule has 74 valence electrons. The quantitative estimate of drug-likeness (QED) is 0.669. The number of rotatable bonds is 1. The third-order valence-corrected chi connectivity index (χ3v) is 1.89. The SMILES string of the molecule is Cc1nc2nc(N(C)C)[nH]c(=O)c2[nH]1. The normalized spacial score (nSPS) is 10.8. The van der Waals surface area contributed by atoms with E-state index in [4.69, 9.17) is 0 Å². The van der Waals surface area contributed by atoms with Gasteiger partial charge in [-0.15, -0.1) is 0 Å². The molecule has 0 aliphatic heterocycles. The van der Waals surface area contributed by atoms with Crippen LogP contribution < -0.4 is 10.5 Å². The molecule has 2 aromatic rings. The molecule has 0 bridgehead atoms. The summed E-state index contributed by atoms with van der Waals surface area (Å²) in [6.07, 6.45) is 0. The summed E-state index contributed by atoms with van der Waals surface area (Å²) in [7, 11) is 3.62. The predicted octanol–water partition coefficient (Wildman–Crippen LogP) is 0.0206. The molecule has 0 unspecified atom stereocenters. The van der Waals surface area contributed by atoms with Crippen molar-refractivity contribution in [3.63, 3.8) is 0 Å². The summed E-state index contributed by atoms with van der Waals surface area (Å²) in [5.41, 5.74) is 0.683. The van der Waals surface area contributed by atoms with Crippen molar-refractivity contribution in [2.24, 2.45) is 0 Å². The number of imidazole rings is 1. The summed E-state index contributed by atoms with van der Waals surface area (Å²) in [4.78, 5) is 27.0. The van der Waals surface area contributed by atoms with E-state index in [0.29, 0.717) is 22.9 Å². The van der Waals surface area contributed by atoms with Gasteiger partial charge in [0.2, 0.25) is 5.95 Å². The summed E-state index contributed by atoms with van der Waals surface area (Å²) in [6.45, 7) is 1.79. The van der Waals surface area contributed by atoms with Gasteiger partial charge in [0.05, 0.1) is 0 Å². The molecule has 0 spiro atoms. The van der Waals surface area contributed by atoms with Crippen LogP contribution in [-0.2, 0) is 0 Å². The third kappa shape index (κ3) is 1.24. The van der Waals surface area contributed by atoms with E-state index in [0.717, 1.165) is 0 Å². The first kappa shape index (κ1) is 8.74. The number of anilines is 1. The molecule has 6 nitrogen and oxygen atoms in total. The molecule has 0 aromatic carbocycles. The van der Waals surface area contributed by atoms with Crippen molar-refractivity contribution in [2.45, 2.75) is 6.92 Å². The number of hydrogen-bond donors (Lipinski definition) is 2. The minimum Gasteiger partial charge on any atom is -0.348 e. The number of fused-ring (bicyclic) bond motifs is 1. The molecule has 2 N–H and O–H groups in total. The van der Waals surface area contributed by atoms with Crippen LogP contribution in [0.3, 0.4) is 0 Å². The van der Waals surface area contributed by atoms with E-state index in [1.807, 2.05) is 14.1 Å². The minimum atomic E-state index is -0.195. The summed E-state index contributed by atoms with van der Waals surface area (Å²) in [5.74, 6) is 1.20. The van der Waals surface area contributed by atoms with Crippen LogP contribution in [0.2, 0.25) is 0 Å². The molecular weight excluding hydrogens is 182 g/mol. The Labute approximate surface area is 80.0 Å². The van der Waals surface area contributed by atoms with Crippen molar-refractivity contribution in [1.29, 1.82) is 0 Å². The van der Waals surface area contributed by atoms with Crippen LogP contribution in [-0.4, -0.2) is 34.0 Å². The number of aromatic nitrogens is 4. The number of hydrogen-bond acceptors (Lipinski definition) is 4. The molecule has 0 aliphatic carbocycles. The zero-order chi connectivity index (χ0) is 10.3.